The minimum atomic E-state index is -0.348. The summed E-state index contributed by atoms with van der Waals surface area (Å²) >= 11 is 3.38. The minimum absolute atomic E-state index is 0.0533. The predicted molar refractivity (Wildman–Crippen MR) is 85.9 cm³/mol. The SMILES string of the molecule is COc1ccc(C2C=NN(c3ccc(Br)cc3)C2=O)cc1. The molecular formula is C16H13BrN2O2. The molecule has 5 heteroatoms. The van der Waals surface area contributed by atoms with Crippen molar-refractivity contribution in [2.45, 2.75) is 5.92 Å². The number of nitrogens with zero attached hydrogens (tertiary/aromatic N) is 2. The highest BCUT2D eigenvalue weighted by Crippen LogP contribution is 2.28. The normalized spacial score (nSPS) is 17.3. The average molecular weight is 345 g/mol. The number of carbonyl (C=O) groups is 1. The van der Waals surface area contributed by atoms with Crippen LogP contribution in [0.2, 0.25) is 0 Å². The maximum absolute atomic E-state index is 12.5. The van der Waals surface area contributed by atoms with Crippen LogP contribution in [0.4, 0.5) is 5.69 Å². The van der Waals surface area contributed by atoms with E-state index < -0.39 is 0 Å². The number of hydrogen-bond donors (Lipinski definition) is 0. The molecule has 2 aromatic carbocycles. The van der Waals surface area contributed by atoms with E-state index in [-0.39, 0.29) is 11.8 Å². The van der Waals surface area contributed by atoms with Gasteiger partial charge in [-0.2, -0.15) is 5.10 Å². The van der Waals surface area contributed by atoms with Gasteiger partial charge in [0.1, 0.15) is 11.7 Å². The Morgan fingerprint density at radius 1 is 1.10 bits per heavy atom. The zero-order chi connectivity index (χ0) is 14.8. The van der Waals surface area contributed by atoms with Crippen LogP contribution in [0.3, 0.4) is 0 Å². The van der Waals surface area contributed by atoms with Gasteiger partial charge in [-0.05, 0) is 42.0 Å². The standard InChI is InChI=1S/C16H13BrN2O2/c1-21-14-8-2-11(3-9-14)15-10-18-19(16(15)20)13-6-4-12(17)5-7-13/h2-10,15H,1H3. The second kappa shape index (κ2) is 5.69. The average Bonchev–Trinajstić information content (AvgIpc) is 2.90. The van der Waals surface area contributed by atoms with Gasteiger partial charge in [-0.1, -0.05) is 28.1 Å². The van der Waals surface area contributed by atoms with Gasteiger partial charge in [0.05, 0.1) is 12.8 Å². The number of anilines is 1. The zero-order valence-corrected chi connectivity index (χ0v) is 12.9. The van der Waals surface area contributed by atoms with Gasteiger partial charge in [0, 0.05) is 10.7 Å². The lowest BCUT2D eigenvalue weighted by atomic mass is 10.00. The summed E-state index contributed by atoms with van der Waals surface area (Å²) in [6, 6.07) is 15.0. The van der Waals surface area contributed by atoms with Crippen molar-refractivity contribution in [3.63, 3.8) is 0 Å². The first-order chi connectivity index (χ1) is 10.2. The Kier molecular flexibility index (Phi) is 3.75. The number of carbonyl (C=O) groups excluding carboxylic acids is 1. The van der Waals surface area contributed by atoms with Crippen LogP contribution in [0.5, 0.6) is 5.75 Å². The van der Waals surface area contributed by atoms with Gasteiger partial charge in [0.15, 0.2) is 0 Å². The molecule has 1 amide bonds. The Hall–Kier alpha value is -2.14. The first-order valence-corrected chi connectivity index (χ1v) is 7.26. The Bertz CT molecular complexity index is 680. The van der Waals surface area contributed by atoms with Gasteiger partial charge in [0.25, 0.3) is 5.91 Å². The molecule has 0 saturated heterocycles. The third-order valence-electron chi connectivity index (χ3n) is 3.35. The molecule has 0 N–H and O–H groups in total. The Labute approximate surface area is 131 Å². The largest absolute Gasteiger partial charge is 0.497 e. The molecule has 0 aromatic heterocycles. The third kappa shape index (κ3) is 2.69. The summed E-state index contributed by atoms with van der Waals surface area (Å²) in [7, 11) is 1.62. The molecule has 3 rings (SSSR count). The highest BCUT2D eigenvalue weighted by Gasteiger charge is 2.30. The molecule has 0 saturated carbocycles. The fourth-order valence-electron chi connectivity index (χ4n) is 2.20. The topological polar surface area (TPSA) is 41.9 Å². The molecule has 0 fully saturated rings. The van der Waals surface area contributed by atoms with E-state index in [0.29, 0.717) is 0 Å². The molecule has 1 atom stereocenters. The molecule has 106 valence electrons. The van der Waals surface area contributed by atoms with Crippen LogP contribution in [-0.2, 0) is 4.79 Å². The molecule has 1 aliphatic rings. The lowest BCUT2D eigenvalue weighted by Crippen LogP contribution is -2.24. The Balaban J connectivity index is 1.83. The van der Waals surface area contributed by atoms with Crippen molar-refractivity contribution >= 4 is 33.7 Å². The van der Waals surface area contributed by atoms with Gasteiger partial charge in [-0.25, -0.2) is 5.01 Å². The molecular weight excluding hydrogens is 332 g/mol. The number of hydrogen-bond acceptors (Lipinski definition) is 3. The fourth-order valence-corrected chi connectivity index (χ4v) is 2.47. The van der Waals surface area contributed by atoms with Gasteiger partial charge in [-0.3, -0.25) is 4.79 Å². The summed E-state index contributed by atoms with van der Waals surface area (Å²) in [4.78, 5) is 12.5. The number of ether oxygens (including phenoxy) is 1. The van der Waals surface area contributed by atoms with E-state index in [4.69, 9.17) is 4.74 Å². The molecule has 4 nitrogen and oxygen atoms in total. The van der Waals surface area contributed by atoms with Crippen LogP contribution >= 0.6 is 15.9 Å². The number of rotatable bonds is 3. The van der Waals surface area contributed by atoms with Crippen LogP contribution in [0, 0.1) is 0 Å². The number of hydrazone groups is 1. The van der Waals surface area contributed by atoms with Crippen molar-refractivity contribution in [2.24, 2.45) is 5.10 Å². The smallest absolute Gasteiger partial charge is 0.260 e. The summed E-state index contributed by atoms with van der Waals surface area (Å²) in [6.45, 7) is 0. The maximum Gasteiger partial charge on any atom is 0.260 e. The van der Waals surface area contributed by atoms with E-state index in [9.17, 15) is 4.79 Å². The summed E-state index contributed by atoms with van der Waals surface area (Å²) in [5.74, 6) is 0.368. The first-order valence-electron chi connectivity index (χ1n) is 6.46. The summed E-state index contributed by atoms with van der Waals surface area (Å²) in [5.41, 5.74) is 1.67. The highest BCUT2D eigenvalue weighted by atomic mass is 79.9. The fraction of sp³-hybridized carbons (Fsp3) is 0.125. The van der Waals surface area contributed by atoms with Gasteiger partial charge in [-0.15, -0.1) is 0 Å². The van der Waals surface area contributed by atoms with Crippen molar-refractivity contribution < 1.29 is 9.53 Å². The zero-order valence-electron chi connectivity index (χ0n) is 11.4. The molecule has 0 radical (unpaired) electrons. The molecule has 1 heterocycles. The van der Waals surface area contributed by atoms with E-state index >= 15 is 0 Å². The molecule has 1 unspecified atom stereocenters. The number of methoxy groups -OCH3 is 1. The van der Waals surface area contributed by atoms with Crippen molar-refractivity contribution in [1.29, 1.82) is 0 Å². The van der Waals surface area contributed by atoms with Crippen LogP contribution < -0.4 is 9.75 Å². The van der Waals surface area contributed by atoms with Crippen molar-refractivity contribution in [3.05, 3.63) is 58.6 Å². The number of amides is 1. The second-order valence-electron chi connectivity index (χ2n) is 4.64. The summed E-state index contributed by atoms with van der Waals surface area (Å²) in [5, 5.41) is 5.66. The van der Waals surface area contributed by atoms with Crippen LogP contribution in [0.1, 0.15) is 11.5 Å². The highest BCUT2D eigenvalue weighted by molar-refractivity contribution is 9.10. The second-order valence-corrected chi connectivity index (χ2v) is 5.56. The number of benzene rings is 2. The van der Waals surface area contributed by atoms with E-state index in [1.807, 2.05) is 48.5 Å². The van der Waals surface area contributed by atoms with Crippen molar-refractivity contribution in [1.82, 2.24) is 0 Å². The molecule has 0 spiro atoms. The third-order valence-corrected chi connectivity index (χ3v) is 3.88. The maximum atomic E-state index is 12.5. The minimum Gasteiger partial charge on any atom is -0.497 e. The molecule has 2 aromatic rings. The van der Waals surface area contributed by atoms with E-state index in [1.54, 1.807) is 13.3 Å². The van der Waals surface area contributed by atoms with Crippen LogP contribution in [0.15, 0.2) is 58.1 Å². The van der Waals surface area contributed by atoms with Crippen molar-refractivity contribution in [3.8, 4) is 5.75 Å². The van der Waals surface area contributed by atoms with Gasteiger partial charge < -0.3 is 4.74 Å². The molecule has 0 aliphatic carbocycles. The Morgan fingerprint density at radius 2 is 1.76 bits per heavy atom. The van der Waals surface area contributed by atoms with E-state index in [0.717, 1.165) is 21.5 Å². The lowest BCUT2D eigenvalue weighted by Gasteiger charge is -2.14. The van der Waals surface area contributed by atoms with Crippen molar-refractivity contribution in [2.75, 3.05) is 12.1 Å². The van der Waals surface area contributed by atoms with Crippen LogP contribution in [-0.4, -0.2) is 19.2 Å². The monoisotopic (exact) mass is 344 g/mol. The van der Waals surface area contributed by atoms with E-state index in [1.165, 1.54) is 5.01 Å². The molecule has 0 bridgehead atoms. The molecule has 1 aliphatic heterocycles. The lowest BCUT2D eigenvalue weighted by molar-refractivity contribution is -0.118. The van der Waals surface area contributed by atoms with E-state index in [2.05, 4.69) is 21.0 Å². The Morgan fingerprint density at radius 3 is 2.38 bits per heavy atom. The first kappa shape index (κ1) is 13.8. The van der Waals surface area contributed by atoms with Gasteiger partial charge in [0.2, 0.25) is 0 Å². The van der Waals surface area contributed by atoms with Gasteiger partial charge >= 0.3 is 0 Å². The number of halogens is 1. The summed E-state index contributed by atoms with van der Waals surface area (Å²) < 4.78 is 6.09. The molecule has 21 heavy (non-hydrogen) atoms. The quantitative estimate of drug-likeness (QED) is 0.853. The van der Waals surface area contributed by atoms with Crippen LogP contribution in [0.25, 0.3) is 0 Å². The summed E-state index contributed by atoms with van der Waals surface area (Å²) in [6.07, 6.45) is 1.67. The predicted octanol–water partition coefficient (Wildman–Crippen LogP) is 3.57.